The standard InChI is InChI=1S/C13H19N5O2S/c1-2-3-15-13(19)10-8-20-5-4-18(10)11-7-16-9(6-17-11)12(14)21/h6-7,10H,2-5,8H2,1H3,(H2,14,21)(H,15,19). The van der Waals surface area contributed by atoms with Crippen molar-refractivity contribution in [2.75, 3.05) is 31.2 Å². The van der Waals surface area contributed by atoms with Gasteiger partial charge in [-0.3, -0.25) is 4.79 Å². The molecule has 0 aromatic carbocycles. The van der Waals surface area contributed by atoms with Crippen molar-refractivity contribution in [1.29, 1.82) is 0 Å². The van der Waals surface area contributed by atoms with Gasteiger partial charge >= 0.3 is 0 Å². The highest BCUT2D eigenvalue weighted by Gasteiger charge is 2.30. The molecule has 1 aliphatic heterocycles. The number of morpholine rings is 1. The summed E-state index contributed by atoms with van der Waals surface area (Å²) in [5.41, 5.74) is 5.97. The highest BCUT2D eigenvalue weighted by Crippen LogP contribution is 2.16. The molecule has 1 amide bonds. The van der Waals surface area contributed by atoms with Gasteiger partial charge in [0.05, 0.1) is 25.6 Å². The van der Waals surface area contributed by atoms with E-state index in [4.69, 9.17) is 22.7 Å². The van der Waals surface area contributed by atoms with Gasteiger partial charge in [-0.25, -0.2) is 9.97 Å². The summed E-state index contributed by atoms with van der Waals surface area (Å²) in [7, 11) is 0. The molecule has 1 aliphatic rings. The van der Waals surface area contributed by atoms with Crippen molar-refractivity contribution in [3.8, 4) is 0 Å². The van der Waals surface area contributed by atoms with Crippen LogP contribution in [0.5, 0.6) is 0 Å². The smallest absolute Gasteiger partial charge is 0.245 e. The first-order valence-electron chi connectivity index (χ1n) is 6.87. The minimum absolute atomic E-state index is 0.0585. The van der Waals surface area contributed by atoms with Crippen molar-refractivity contribution in [1.82, 2.24) is 15.3 Å². The monoisotopic (exact) mass is 309 g/mol. The van der Waals surface area contributed by atoms with E-state index in [1.807, 2.05) is 11.8 Å². The van der Waals surface area contributed by atoms with Crippen molar-refractivity contribution < 1.29 is 9.53 Å². The van der Waals surface area contributed by atoms with Crippen LogP contribution in [0.25, 0.3) is 0 Å². The summed E-state index contributed by atoms with van der Waals surface area (Å²) < 4.78 is 5.41. The van der Waals surface area contributed by atoms with Gasteiger partial charge < -0.3 is 20.7 Å². The lowest BCUT2D eigenvalue weighted by molar-refractivity contribution is -0.124. The van der Waals surface area contributed by atoms with E-state index in [1.165, 1.54) is 6.20 Å². The van der Waals surface area contributed by atoms with Crippen LogP contribution in [-0.4, -0.2) is 53.2 Å². The second-order valence-electron chi connectivity index (χ2n) is 4.70. The molecule has 2 heterocycles. The number of amides is 1. The predicted octanol–water partition coefficient (Wildman–Crippen LogP) is -0.158. The van der Waals surface area contributed by atoms with E-state index in [0.29, 0.717) is 37.8 Å². The second-order valence-corrected chi connectivity index (χ2v) is 5.14. The molecule has 114 valence electrons. The van der Waals surface area contributed by atoms with E-state index in [0.717, 1.165) is 6.42 Å². The fourth-order valence-corrected chi connectivity index (χ4v) is 2.16. The minimum atomic E-state index is -0.393. The summed E-state index contributed by atoms with van der Waals surface area (Å²) in [6, 6.07) is -0.393. The number of nitrogens with one attached hydrogen (secondary N) is 1. The zero-order valence-electron chi connectivity index (χ0n) is 11.9. The zero-order chi connectivity index (χ0) is 15.2. The largest absolute Gasteiger partial charge is 0.388 e. The van der Waals surface area contributed by atoms with Crippen LogP contribution < -0.4 is 16.0 Å². The lowest BCUT2D eigenvalue weighted by atomic mass is 10.2. The predicted molar refractivity (Wildman–Crippen MR) is 83.2 cm³/mol. The Labute approximate surface area is 128 Å². The van der Waals surface area contributed by atoms with Gasteiger partial charge in [-0.2, -0.15) is 0 Å². The van der Waals surface area contributed by atoms with Crippen molar-refractivity contribution in [3.63, 3.8) is 0 Å². The van der Waals surface area contributed by atoms with Gasteiger partial charge in [-0.05, 0) is 6.42 Å². The summed E-state index contributed by atoms with van der Waals surface area (Å²) in [4.78, 5) is 22.8. The maximum Gasteiger partial charge on any atom is 0.245 e. The molecule has 2 rings (SSSR count). The van der Waals surface area contributed by atoms with Gasteiger partial charge in [-0.1, -0.05) is 19.1 Å². The molecule has 1 atom stereocenters. The second kappa shape index (κ2) is 7.28. The van der Waals surface area contributed by atoms with Gasteiger partial charge in [0.1, 0.15) is 22.5 Å². The number of nitrogens with zero attached hydrogens (tertiary/aromatic N) is 3. The van der Waals surface area contributed by atoms with Gasteiger partial charge in [-0.15, -0.1) is 0 Å². The first-order chi connectivity index (χ1) is 10.1. The molecule has 1 unspecified atom stereocenters. The summed E-state index contributed by atoms with van der Waals surface area (Å²) >= 11 is 4.85. The quantitative estimate of drug-likeness (QED) is 0.730. The Morgan fingerprint density at radius 2 is 2.38 bits per heavy atom. The molecule has 0 radical (unpaired) electrons. The van der Waals surface area contributed by atoms with Crippen LogP contribution in [-0.2, 0) is 9.53 Å². The third-order valence-corrected chi connectivity index (χ3v) is 3.37. The van der Waals surface area contributed by atoms with E-state index in [1.54, 1.807) is 6.20 Å². The van der Waals surface area contributed by atoms with E-state index >= 15 is 0 Å². The number of carbonyl (C=O) groups is 1. The fraction of sp³-hybridized carbons (Fsp3) is 0.538. The lowest BCUT2D eigenvalue weighted by Gasteiger charge is -2.35. The van der Waals surface area contributed by atoms with Gasteiger partial charge in [0.2, 0.25) is 5.91 Å². The normalized spacial score (nSPS) is 18.3. The number of anilines is 1. The highest BCUT2D eigenvalue weighted by molar-refractivity contribution is 7.80. The van der Waals surface area contributed by atoms with Crippen molar-refractivity contribution in [2.24, 2.45) is 5.73 Å². The number of hydrogen-bond acceptors (Lipinski definition) is 6. The number of rotatable bonds is 5. The molecule has 21 heavy (non-hydrogen) atoms. The van der Waals surface area contributed by atoms with Crippen LogP contribution in [0.4, 0.5) is 5.82 Å². The van der Waals surface area contributed by atoms with Gasteiger partial charge in [0.15, 0.2) is 0 Å². The molecular formula is C13H19N5O2S. The van der Waals surface area contributed by atoms with Crippen LogP contribution in [0.3, 0.4) is 0 Å². The maximum absolute atomic E-state index is 12.2. The molecule has 1 aromatic heterocycles. The van der Waals surface area contributed by atoms with E-state index < -0.39 is 6.04 Å². The fourth-order valence-electron chi connectivity index (χ4n) is 2.06. The number of ether oxygens (including phenoxy) is 1. The number of aromatic nitrogens is 2. The molecule has 1 aromatic rings. The molecule has 8 heteroatoms. The van der Waals surface area contributed by atoms with Crippen LogP contribution in [0.1, 0.15) is 19.0 Å². The van der Waals surface area contributed by atoms with Gasteiger partial charge in [0.25, 0.3) is 0 Å². The van der Waals surface area contributed by atoms with Gasteiger partial charge in [0, 0.05) is 13.1 Å². The molecular weight excluding hydrogens is 290 g/mol. The Kier molecular flexibility index (Phi) is 5.40. The Balaban J connectivity index is 2.14. The van der Waals surface area contributed by atoms with E-state index in [-0.39, 0.29) is 10.9 Å². The summed E-state index contributed by atoms with van der Waals surface area (Å²) in [6.45, 7) is 4.14. The van der Waals surface area contributed by atoms with Crippen molar-refractivity contribution >= 4 is 28.9 Å². The minimum Gasteiger partial charge on any atom is -0.388 e. The Morgan fingerprint density at radius 1 is 1.57 bits per heavy atom. The first-order valence-corrected chi connectivity index (χ1v) is 7.28. The summed E-state index contributed by atoms with van der Waals surface area (Å²) in [6.07, 6.45) is 4.00. The number of thiocarbonyl (C=S) groups is 1. The summed E-state index contributed by atoms with van der Waals surface area (Å²) in [5, 5.41) is 2.88. The van der Waals surface area contributed by atoms with Crippen LogP contribution >= 0.6 is 12.2 Å². The third kappa shape index (κ3) is 3.85. The third-order valence-electron chi connectivity index (χ3n) is 3.17. The Hall–Kier alpha value is -1.80. The van der Waals surface area contributed by atoms with Crippen LogP contribution in [0.15, 0.2) is 12.4 Å². The molecule has 0 bridgehead atoms. The summed E-state index contributed by atoms with van der Waals surface area (Å²) in [5.74, 6) is 0.562. The topological polar surface area (TPSA) is 93.4 Å². The maximum atomic E-state index is 12.2. The van der Waals surface area contributed by atoms with Crippen molar-refractivity contribution in [2.45, 2.75) is 19.4 Å². The molecule has 3 N–H and O–H groups in total. The lowest BCUT2D eigenvalue weighted by Crippen LogP contribution is -2.54. The molecule has 1 saturated heterocycles. The molecule has 0 aliphatic carbocycles. The number of carbonyl (C=O) groups excluding carboxylic acids is 1. The Morgan fingerprint density at radius 3 is 3.00 bits per heavy atom. The average molecular weight is 309 g/mol. The SMILES string of the molecule is CCCNC(=O)C1COCCN1c1cnc(C(N)=S)cn1. The zero-order valence-corrected chi connectivity index (χ0v) is 12.7. The highest BCUT2D eigenvalue weighted by atomic mass is 32.1. The van der Waals surface area contributed by atoms with Crippen LogP contribution in [0.2, 0.25) is 0 Å². The van der Waals surface area contributed by atoms with E-state index in [2.05, 4.69) is 15.3 Å². The molecule has 0 spiro atoms. The van der Waals surface area contributed by atoms with Crippen molar-refractivity contribution in [3.05, 3.63) is 18.1 Å². The number of nitrogens with two attached hydrogens (primary N) is 1. The van der Waals surface area contributed by atoms with E-state index in [9.17, 15) is 4.79 Å². The van der Waals surface area contributed by atoms with Crippen LogP contribution in [0, 0.1) is 0 Å². The molecule has 7 nitrogen and oxygen atoms in total. The first kappa shape index (κ1) is 15.6. The average Bonchev–Trinajstić information content (AvgIpc) is 2.52. The molecule has 1 fully saturated rings. The Bertz CT molecular complexity index is 508. The molecule has 0 saturated carbocycles. The number of hydrogen-bond donors (Lipinski definition) is 2.